The number of amides is 2. The van der Waals surface area contributed by atoms with Crippen LogP contribution in [0.5, 0.6) is 0 Å². The van der Waals surface area contributed by atoms with E-state index in [-0.39, 0.29) is 17.2 Å². The highest BCUT2D eigenvalue weighted by atomic mass is 16.2. The van der Waals surface area contributed by atoms with Crippen LogP contribution < -0.4 is 10.2 Å². The second kappa shape index (κ2) is 4.89. The lowest BCUT2D eigenvalue weighted by Gasteiger charge is -2.42. The van der Waals surface area contributed by atoms with Crippen LogP contribution in [0.2, 0.25) is 0 Å². The monoisotopic (exact) mass is 275 g/mol. The second-order valence-corrected chi connectivity index (χ2v) is 6.41. The van der Waals surface area contributed by atoms with Crippen molar-refractivity contribution in [3.63, 3.8) is 0 Å². The van der Waals surface area contributed by atoms with Gasteiger partial charge in [0.1, 0.15) is 12.1 Å². The Hall–Kier alpha value is -1.91. The topological polar surface area (TPSA) is 62.3 Å². The summed E-state index contributed by atoms with van der Waals surface area (Å²) in [4.78, 5) is 30.5. The maximum Gasteiger partial charge on any atom is 0.250 e. The molecular formula is C15H21N3O2. The van der Waals surface area contributed by atoms with E-state index in [9.17, 15) is 9.59 Å². The van der Waals surface area contributed by atoms with E-state index in [0.717, 1.165) is 5.56 Å². The molecule has 1 aromatic heterocycles. The van der Waals surface area contributed by atoms with Crippen LogP contribution in [0.25, 0.3) is 0 Å². The Morgan fingerprint density at radius 2 is 1.90 bits per heavy atom. The van der Waals surface area contributed by atoms with Crippen molar-refractivity contribution in [3.05, 3.63) is 24.0 Å². The maximum absolute atomic E-state index is 12.7. The number of pyridine rings is 1. The van der Waals surface area contributed by atoms with Gasteiger partial charge in [-0.1, -0.05) is 20.8 Å². The van der Waals surface area contributed by atoms with Crippen LogP contribution in [-0.4, -0.2) is 28.9 Å². The number of nitrogens with one attached hydrogen (secondary N) is 1. The van der Waals surface area contributed by atoms with Crippen LogP contribution in [0.1, 0.15) is 33.3 Å². The van der Waals surface area contributed by atoms with E-state index in [4.69, 9.17) is 0 Å². The summed E-state index contributed by atoms with van der Waals surface area (Å²) in [6.45, 7) is 9.47. The number of hydrogen-bond donors (Lipinski definition) is 1. The molecule has 0 bridgehead atoms. The first kappa shape index (κ1) is 14.5. The molecule has 2 atom stereocenters. The minimum atomic E-state index is -0.523. The summed E-state index contributed by atoms with van der Waals surface area (Å²) in [5.74, 6) is -0.219. The molecule has 2 unspecified atom stereocenters. The van der Waals surface area contributed by atoms with Gasteiger partial charge in [0.2, 0.25) is 5.91 Å². The van der Waals surface area contributed by atoms with Gasteiger partial charge in [0.05, 0.1) is 11.9 Å². The zero-order valence-corrected chi connectivity index (χ0v) is 12.6. The van der Waals surface area contributed by atoms with E-state index in [1.165, 1.54) is 0 Å². The van der Waals surface area contributed by atoms with Gasteiger partial charge in [-0.05, 0) is 30.9 Å². The Kier molecular flexibility index (Phi) is 3.54. The van der Waals surface area contributed by atoms with E-state index < -0.39 is 12.1 Å². The molecule has 5 heteroatoms. The predicted molar refractivity (Wildman–Crippen MR) is 77.3 cm³/mol. The highest BCUT2D eigenvalue weighted by Gasteiger charge is 2.44. The molecule has 1 N–H and O–H groups in total. The number of rotatable bonds is 1. The largest absolute Gasteiger partial charge is 0.342 e. The fourth-order valence-electron chi connectivity index (χ4n) is 2.38. The Morgan fingerprint density at radius 1 is 1.25 bits per heavy atom. The quantitative estimate of drug-likeness (QED) is 0.847. The number of aryl methyl sites for hydroxylation is 1. The molecule has 2 heterocycles. The van der Waals surface area contributed by atoms with Crippen LogP contribution in [0.15, 0.2) is 18.5 Å². The summed E-state index contributed by atoms with van der Waals surface area (Å²) < 4.78 is 0. The molecule has 0 spiro atoms. The number of carbonyl (C=O) groups excluding carboxylic acids is 2. The molecule has 0 aliphatic carbocycles. The standard InChI is InChI=1S/C15H21N3O2/c1-9-6-11(8-16-7-9)18-10(2)13(19)17-12(14(18)20)15(3,4)5/h6-8,10,12H,1-5H3,(H,17,19). The Morgan fingerprint density at radius 3 is 2.45 bits per heavy atom. The number of anilines is 1. The highest BCUT2D eigenvalue weighted by molar-refractivity contribution is 6.08. The van der Waals surface area contributed by atoms with Crippen molar-refractivity contribution in [2.24, 2.45) is 5.41 Å². The minimum absolute atomic E-state index is 0.0861. The number of carbonyl (C=O) groups is 2. The summed E-state index contributed by atoms with van der Waals surface area (Å²) in [6, 6.07) is 0.830. The van der Waals surface area contributed by atoms with Crippen molar-refractivity contribution in [1.82, 2.24) is 10.3 Å². The molecule has 2 rings (SSSR count). The molecule has 0 radical (unpaired) electrons. The third-order valence-electron chi connectivity index (χ3n) is 3.54. The van der Waals surface area contributed by atoms with Crippen LogP contribution in [-0.2, 0) is 9.59 Å². The van der Waals surface area contributed by atoms with E-state index >= 15 is 0 Å². The second-order valence-electron chi connectivity index (χ2n) is 6.41. The lowest BCUT2D eigenvalue weighted by Crippen LogP contribution is -2.66. The Labute approximate surface area is 119 Å². The van der Waals surface area contributed by atoms with Gasteiger partial charge in [-0.25, -0.2) is 0 Å². The smallest absolute Gasteiger partial charge is 0.250 e. The van der Waals surface area contributed by atoms with Crippen LogP contribution in [0, 0.1) is 12.3 Å². The molecule has 5 nitrogen and oxygen atoms in total. The van der Waals surface area contributed by atoms with E-state index in [0.29, 0.717) is 5.69 Å². The molecule has 0 saturated carbocycles. The fraction of sp³-hybridized carbons (Fsp3) is 0.533. The number of nitrogens with zero attached hydrogens (tertiary/aromatic N) is 2. The first-order valence-electron chi connectivity index (χ1n) is 6.77. The van der Waals surface area contributed by atoms with Crippen LogP contribution in [0.4, 0.5) is 5.69 Å². The summed E-state index contributed by atoms with van der Waals surface area (Å²) in [6.07, 6.45) is 3.35. The van der Waals surface area contributed by atoms with Crippen molar-refractivity contribution in [1.29, 1.82) is 0 Å². The van der Waals surface area contributed by atoms with Gasteiger partial charge < -0.3 is 5.32 Å². The molecule has 1 aliphatic heterocycles. The molecule has 108 valence electrons. The SMILES string of the molecule is Cc1cncc(N2C(=O)C(C(C)(C)C)NC(=O)C2C)c1. The number of aromatic nitrogens is 1. The zero-order valence-electron chi connectivity index (χ0n) is 12.6. The van der Waals surface area contributed by atoms with E-state index in [2.05, 4.69) is 10.3 Å². The fourth-order valence-corrected chi connectivity index (χ4v) is 2.38. The van der Waals surface area contributed by atoms with Gasteiger partial charge in [0, 0.05) is 6.20 Å². The van der Waals surface area contributed by atoms with Crippen molar-refractivity contribution in [3.8, 4) is 0 Å². The average molecular weight is 275 g/mol. The molecule has 20 heavy (non-hydrogen) atoms. The zero-order chi connectivity index (χ0) is 15.1. The third-order valence-corrected chi connectivity index (χ3v) is 3.54. The summed E-state index contributed by atoms with van der Waals surface area (Å²) in [5.41, 5.74) is 1.30. The minimum Gasteiger partial charge on any atom is -0.342 e. The van der Waals surface area contributed by atoms with Crippen molar-refractivity contribution >= 4 is 17.5 Å². The maximum atomic E-state index is 12.7. The van der Waals surface area contributed by atoms with Crippen LogP contribution in [0.3, 0.4) is 0 Å². The number of hydrogen-bond acceptors (Lipinski definition) is 3. The Bertz CT molecular complexity index is 548. The van der Waals surface area contributed by atoms with Crippen LogP contribution >= 0.6 is 0 Å². The van der Waals surface area contributed by atoms with Gasteiger partial charge >= 0.3 is 0 Å². The summed E-state index contributed by atoms with van der Waals surface area (Å²) in [7, 11) is 0. The molecule has 1 aromatic rings. The lowest BCUT2D eigenvalue weighted by atomic mass is 9.84. The van der Waals surface area contributed by atoms with Crippen molar-refractivity contribution < 1.29 is 9.59 Å². The lowest BCUT2D eigenvalue weighted by molar-refractivity contribution is -0.136. The first-order chi connectivity index (χ1) is 9.21. The highest BCUT2D eigenvalue weighted by Crippen LogP contribution is 2.28. The van der Waals surface area contributed by atoms with E-state index in [1.807, 2.05) is 33.8 Å². The molecule has 1 aliphatic rings. The van der Waals surface area contributed by atoms with Crippen molar-refractivity contribution in [2.75, 3.05) is 4.90 Å². The van der Waals surface area contributed by atoms with Gasteiger partial charge in [-0.2, -0.15) is 0 Å². The molecule has 0 aromatic carbocycles. The molecule has 2 amide bonds. The summed E-state index contributed by atoms with van der Waals surface area (Å²) in [5, 5.41) is 2.82. The number of piperazine rings is 1. The Balaban J connectivity index is 2.44. The van der Waals surface area contributed by atoms with Crippen molar-refractivity contribution in [2.45, 2.75) is 46.7 Å². The van der Waals surface area contributed by atoms with E-state index in [1.54, 1.807) is 24.2 Å². The predicted octanol–water partition coefficient (Wildman–Crippen LogP) is 1.66. The molecular weight excluding hydrogens is 254 g/mol. The molecule has 1 fully saturated rings. The third kappa shape index (κ3) is 2.53. The van der Waals surface area contributed by atoms with Gasteiger partial charge in [-0.15, -0.1) is 0 Å². The summed E-state index contributed by atoms with van der Waals surface area (Å²) >= 11 is 0. The average Bonchev–Trinajstić information content (AvgIpc) is 2.33. The van der Waals surface area contributed by atoms with Gasteiger partial charge in [0.15, 0.2) is 0 Å². The molecule has 1 saturated heterocycles. The normalized spacial score (nSPS) is 23.8. The first-order valence-corrected chi connectivity index (χ1v) is 6.77. The van der Waals surface area contributed by atoms with Gasteiger partial charge in [0.25, 0.3) is 5.91 Å². The van der Waals surface area contributed by atoms with Gasteiger partial charge in [-0.3, -0.25) is 19.5 Å².